The van der Waals surface area contributed by atoms with Gasteiger partial charge in [0.2, 0.25) is 0 Å². The Balaban J connectivity index is 3.35. The normalized spacial score (nSPS) is 10.6. The third-order valence-corrected chi connectivity index (χ3v) is 2.75. The van der Waals surface area contributed by atoms with E-state index in [1.165, 1.54) is 0 Å². The number of aromatic nitrogens is 1. The number of carbonyl (C=O) groups is 1. The van der Waals surface area contributed by atoms with Crippen LogP contribution >= 0.6 is 27.5 Å². The lowest BCUT2D eigenvalue weighted by molar-refractivity contribution is 0.0600. The standard InChI is InChI=1S/C9H7BrClF2NO2/c1-16-9(15)4-2-5(8(12)13)14-6(3-10)7(4)11/h2,8H,3H2,1H3. The molecule has 0 aliphatic carbocycles. The summed E-state index contributed by atoms with van der Waals surface area (Å²) in [7, 11) is 1.15. The number of esters is 1. The molecule has 88 valence electrons. The zero-order valence-corrected chi connectivity index (χ0v) is 10.5. The van der Waals surface area contributed by atoms with E-state index in [0.29, 0.717) is 0 Å². The molecule has 0 aliphatic rings. The van der Waals surface area contributed by atoms with Crippen molar-refractivity contribution in [3.63, 3.8) is 0 Å². The van der Waals surface area contributed by atoms with E-state index in [0.717, 1.165) is 13.2 Å². The van der Waals surface area contributed by atoms with Crippen LogP contribution in [0.2, 0.25) is 5.02 Å². The summed E-state index contributed by atoms with van der Waals surface area (Å²) >= 11 is 8.87. The van der Waals surface area contributed by atoms with Crippen LogP contribution in [-0.4, -0.2) is 18.1 Å². The molecule has 0 fully saturated rings. The quantitative estimate of drug-likeness (QED) is 0.634. The molecule has 0 atom stereocenters. The van der Waals surface area contributed by atoms with Crippen molar-refractivity contribution in [1.82, 2.24) is 4.98 Å². The molecular weight excluding hydrogens is 307 g/mol. The van der Waals surface area contributed by atoms with Gasteiger partial charge in [-0.15, -0.1) is 0 Å². The first-order valence-electron chi connectivity index (χ1n) is 4.13. The van der Waals surface area contributed by atoms with E-state index in [-0.39, 0.29) is 21.6 Å². The second-order valence-electron chi connectivity index (χ2n) is 2.78. The highest BCUT2D eigenvalue weighted by Crippen LogP contribution is 2.27. The lowest BCUT2D eigenvalue weighted by Gasteiger charge is -2.08. The first-order chi connectivity index (χ1) is 7.51. The molecule has 0 aliphatic heterocycles. The summed E-state index contributed by atoms with van der Waals surface area (Å²) in [6.07, 6.45) is -2.77. The third-order valence-electron chi connectivity index (χ3n) is 1.80. The molecule has 1 heterocycles. The number of carbonyl (C=O) groups excluding carboxylic acids is 1. The Bertz CT molecular complexity index is 415. The Morgan fingerprint density at radius 3 is 2.75 bits per heavy atom. The molecule has 1 aromatic heterocycles. The number of nitrogens with zero attached hydrogens (tertiary/aromatic N) is 1. The Labute approximate surface area is 104 Å². The van der Waals surface area contributed by atoms with Gasteiger partial charge in [0.05, 0.1) is 23.4 Å². The maximum Gasteiger partial charge on any atom is 0.339 e. The molecule has 7 heteroatoms. The first kappa shape index (κ1) is 13.3. The monoisotopic (exact) mass is 313 g/mol. The topological polar surface area (TPSA) is 39.2 Å². The minimum atomic E-state index is -2.77. The lowest BCUT2D eigenvalue weighted by atomic mass is 10.2. The average Bonchev–Trinajstić information content (AvgIpc) is 2.28. The van der Waals surface area contributed by atoms with Crippen molar-refractivity contribution in [1.29, 1.82) is 0 Å². The fourth-order valence-electron chi connectivity index (χ4n) is 1.06. The summed E-state index contributed by atoms with van der Waals surface area (Å²) in [6, 6.07) is 0.936. The second-order valence-corrected chi connectivity index (χ2v) is 3.72. The first-order valence-corrected chi connectivity index (χ1v) is 5.63. The van der Waals surface area contributed by atoms with Crippen molar-refractivity contribution >= 4 is 33.5 Å². The fraction of sp³-hybridized carbons (Fsp3) is 0.333. The van der Waals surface area contributed by atoms with Crippen molar-refractivity contribution in [3.05, 3.63) is 28.0 Å². The van der Waals surface area contributed by atoms with E-state index in [2.05, 4.69) is 25.7 Å². The van der Waals surface area contributed by atoms with Crippen molar-refractivity contribution in [2.24, 2.45) is 0 Å². The molecule has 0 unspecified atom stereocenters. The minimum absolute atomic E-state index is 0.0214. The largest absolute Gasteiger partial charge is 0.465 e. The number of hydrogen-bond donors (Lipinski definition) is 0. The minimum Gasteiger partial charge on any atom is -0.465 e. The summed E-state index contributed by atoms with van der Waals surface area (Å²) in [5.41, 5.74) is -0.428. The maximum atomic E-state index is 12.5. The Hall–Kier alpha value is -0.750. The van der Waals surface area contributed by atoms with Gasteiger partial charge in [-0.05, 0) is 6.07 Å². The van der Waals surface area contributed by atoms with E-state index >= 15 is 0 Å². The smallest absolute Gasteiger partial charge is 0.339 e. The van der Waals surface area contributed by atoms with Gasteiger partial charge in [0.1, 0.15) is 5.69 Å². The molecule has 0 aromatic carbocycles. The van der Waals surface area contributed by atoms with E-state index in [9.17, 15) is 13.6 Å². The van der Waals surface area contributed by atoms with E-state index < -0.39 is 18.1 Å². The van der Waals surface area contributed by atoms with Gasteiger partial charge in [0, 0.05) is 5.33 Å². The zero-order chi connectivity index (χ0) is 12.3. The number of halogens is 4. The molecule has 0 saturated carbocycles. The summed E-state index contributed by atoms with van der Waals surface area (Å²) < 4.78 is 29.4. The van der Waals surface area contributed by atoms with Crippen LogP contribution in [0.1, 0.15) is 28.2 Å². The van der Waals surface area contributed by atoms with Crippen LogP contribution in [0.4, 0.5) is 8.78 Å². The molecule has 0 bridgehead atoms. The Kier molecular flexibility index (Phi) is 4.61. The van der Waals surface area contributed by atoms with Gasteiger partial charge in [-0.2, -0.15) is 0 Å². The van der Waals surface area contributed by atoms with Gasteiger partial charge in [-0.1, -0.05) is 27.5 Å². The number of alkyl halides is 3. The number of methoxy groups -OCH3 is 1. The highest BCUT2D eigenvalue weighted by Gasteiger charge is 2.20. The molecule has 3 nitrogen and oxygen atoms in total. The van der Waals surface area contributed by atoms with Gasteiger partial charge < -0.3 is 4.74 Å². The second kappa shape index (κ2) is 5.54. The summed E-state index contributed by atoms with van der Waals surface area (Å²) in [4.78, 5) is 14.9. The van der Waals surface area contributed by atoms with Crippen molar-refractivity contribution in [2.45, 2.75) is 11.8 Å². The average molecular weight is 315 g/mol. The molecule has 0 N–H and O–H groups in total. The lowest BCUT2D eigenvalue weighted by Crippen LogP contribution is -2.07. The summed E-state index contributed by atoms with van der Waals surface area (Å²) in [6.45, 7) is 0. The van der Waals surface area contributed by atoms with Crippen LogP contribution in [0.3, 0.4) is 0 Å². The molecule has 1 rings (SSSR count). The van der Waals surface area contributed by atoms with Crippen molar-refractivity contribution < 1.29 is 18.3 Å². The van der Waals surface area contributed by atoms with Gasteiger partial charge in [0.25, 0.3) is 6.43 Å². The Morgan fingerprint density at radius 1 is 1.69 bits per heavy atom. The number of hydrogen-bond acceptors (Lipinski definition) is 3. The van der Waals surface area contributed by atoms with Crippen LogP contribution in [-0.2, 0) is 10.1 Å². The molecular formula is C9H7BrClF2NO2. The predicted molar refractivity (Wildman–Crippen MR) is 58.2 cm³/mol. The van der Waals surface area contributed by atoms with Crippen molar-refractivity contribution in [3.8, 4) is 0 Å². The van der Waals surface area contributed by atoms with Gasteiger partial charge >= 0.3 is 5.97 Å². The highest BCUT2D eigenvalue weighted by molar-refractivity contribution is 9.08. The summed E-state index contributed by atoms with van der Waals surface area (Å²) in [5, 5.41) is 0.198. The molecule has 0 amide bonds. The zero-order valence-electron chi connectivity index (χ0n) is 8.14. The molecule has 1 aromatic rings. The number of pyridine rings is 1. The summed E-state index contributed by atoms with van der Waals surface area (Å²) in [5.74, 6) is -0.767. The van der Waals surface area contributed by atoms with Crippen LogP contribution in [0, 0.1) is 0 Å². The predicted octanol–water partition coefficient (Wildman–Crippen LogP) is 3.35. The SMILES string of the molecule is COC(=O)c1cc(C(F)F)nc(CBr)c1Cl. The Morgan fingerprint density at radius 2 is 2.31 bits per heavy atom. The van der Waals surface area contributed by atoms with E-state index in [1.807, 2.05) is 0 Å². The number of ether oxygens (including phenoxy) is 1. The molecule has 16 heavy (non-hydrogen) atoms. The van der Waals surface area contributed by atoms with Crippen molar-refractivity contribution in [2.75, 3.05) is 7.11 Å². The third kappa shape index (κ3) is 2.68. The van der Waals surface area contributed by atoms with Gasteiger partial charge in [-0.3, -0.25) is 0 Å². The van der Waals surface area contributed by atoms with Crippen LogP contribution in [0.15, 0.2) is 6.07 Å². The van der Waals surface area contributed by atoms with Crippen LogP contribution in [0.25, 0.3) is 0 Å². The highest BCUT2D eigenvalue weighted by atomic mass is 79.9. The maximum absolute atomic E-state index is 12.5. The van der Waals surface area contributed by atoms with E-state index in [4.69, 9.17) is 11.6 Å². The molecule has 0 radical (unpaired) electrons. The van der Waals surface area contributed by atoms with E-state index in [1.54, 1.807) is 0 Å². The molecule has 0 saturated heterocycles. The van der Waals surface area contributed by atoms with Crippen LogP contribution in [0.5, 0.6) is 0 Å². The van der Waals surface area contributed by atoms with Gasteiger partial charge in [-0.25, -0.2) is 18.6 Å². The fourth-order valence-corrected chi connectivity index (χ4v) is 1.87. The number of rotatable bonds is 3. The van der Waals surface area contributed by atoms with Crippen LogP contribution < -0.4 is 0 Å². The van der Waals surface area contributed by atoms with Gasteiger partial charge in [0.15, 0.2) is 0 Å². The molecule has 0 spiro atoms.